The van der Waals surface area contributed by atoms with Crippen LogP contribution >= 0.6 is 0 Å². The Hall–Kier alpha value is -2.48. The lowest BCUT2D eigenvalue weighted by Gasteiger charge is -2.23. The predicted octanol–water partition coefficient (Wildman–Crippen LogP) is 2.52. The second-order valence-corrected chi connectivity index (χ2v) is 8.21. The summed E-state index contributed by atoms with van der Waals surface area (Å²) in [5.74, 6) is -2.92. The monoisotopic (exact) mass is 390 g/mol. The number of hydrogen-bond acceptors (Lipinski definition) is 4. The lowest BCUT2D eigenvalue weighted by molar-refractivity contribution is 0.0694. The third-order valence-electron chi connectivity index (χ3n) is 6.49. The molecule has 3 atom stereocenters. The molecule has 0 bridgehead atoms. The molecule has 2 saturated carbocycles. The standard InChI is InChI=1S/C20H20F2N2O4/c21-14-5-11-17(24(10-2-3-10)8-13(19(11)26)20(27)28)16(22)18(14)23-6-9-1-4-15(25)12(9)7-23/h5,8-10,12,15,25H,1-4,6-7H2,(H,27,28)/t9-,12+,15?/m0/s1. The molecule has 2 N–H and O–H groups in total. The summed E-state index contributed by atoms with van der Waals surface area (Å²) >= 11 is 0. The number of aromatic nitrogens is 1. The van der Waals surface area contributed by atoms with Crippen molar-refractivity contribution in [2.45, 2.75) is 37.8 Å². The fraction of sp³-hybridized carbons (Fsp3) is 0.500. The summed E-state index contributed by atoms with van der Waals surface area (Å²) in [7, 11) is 0. The van der Waals surface area contributed by atoms with Crippen molar-refractivity contribution in [3.63, 3.8) is 0 Å². The van der Waals surface area contributed by atoms with Gasteiger partial charge in [0, 0.05) is 31.2 Å². The van der Waals surface area contributed by atoms with Crippen LogP contribution < -0.4 is 10.3 Å². The number of aliphatic hydroxyl groups is 1. The highest BCUT2D eigenvalue weighted by atomic mass is 19.1. The number of aliphatic hydroxyl groups excluding tert-OH is 1. The maximum absolute atomic E-state index is 15.6. The molecule has 28 heavy (non-hydrogen) atoms. The van der Waals surface area contributed by atoms with E-state index in [-0.39, 0.29) is 34.5 Å². The van der Waals surface area contributed by atoms with Crippen molar-refractivity contribution in [3.05, 3.63) is 39.7 Å². The van der Waals surface area contributed by atoms with Gasteiger partial charge in [-0.1, -0.05) is 0 Å². The number of pyridine rings is 1. The van der Waals surface area contributed by atoms with Gasteiger partial charge in [-0.05, 0) is 37.7 Å². The third kappa shape index (κ3) is 2.47. The molecule has 5 rings (SSSR count). The van der Waals surface area contributed by atoms with Crippen molar-refractivity contribution >= 4 is 22.6 Å². The zero-order valence-corrected chi connectivity index (χ0v) is 15.1. The predicted molar refractivity (Wildman–Crippen MR) is 97.8 cm³/mol. The van der Waals surface area contributed by atoms with Gasteiger partial charge in [-0.2, -0.15) is 0 Å². The first-order chi connectivity index (χ1) is 13.4. The van der Waals surface area contributed by atoms with E-state index in [2.05, 4.69) is 0 Å². The summed E-state index contributed by atoms with van der Waals surface area (Å²) in [5.41, 5.74) is -1.58. The molecule has 3 fully saturated rings. The van der Waals surface area contributed by atoms with E-state index in [9.17, 15) is 24.2 Å². The Labute approximate surface area is 159 Å². The fourth-order valence-electron chi connectivity index (χ4n) is 4.93. The fourth-order valence-corrected chi connectivity index (χ4v) is 4.93. The molecule has 2 heterocycles. The number of carbonyl (C=O) groups is 1. The van der Waals surface area contributed by atoms with Gasteiger partial charge in [0.25, 0.3) is 0 Å². The largest absolute Gasteiger partial charge is 0.477 e. The zero-order chi connectivity index (χ0) is 19.7. The van der Waals surface area contributed by atoms with Crippen LogP contribution in [0.3, 0.4) is 0 Å². The normalized spacial score (nSPS) is 26.8. The molecule has 6 nitrogen and oxygen atoms in total. The quantitative estimate of drug-likeness (QED) is 0.842. The van der Waals surface area contributed by atoms with E-state index in [1.54, 1.807) is 4.90 Å². The van der Waals surface area contributed by atoms with Crippen LogP contribution in [-0.2, 0) is 0 Å². The minimum absolute atomic E-state index is 0.00508. The van der Waals surface area contributed by atoms with Gasteiger partial charge in [0.1, 0.15) is 17.1 Å². The number of carboxylic acid groups (broad SMARTS) is 1. The summed E-state index contributed by atoms with van der Waals surface area (Å²) < 4.78 is 32.0. The first-order valence-corrected chi connectivity index (χ1v) is 9.60. The first-order valence-electron chi connectivity index (χ1n) is 9.60. The number of hydrogen-bond donors (Lipinski definition) is 2. The number of halogens is 2. The van der Waals surface area contributed by atoms with Gasteiger partial charge in [0.2, 0.25) is 5.43 Å². The van der Waals surface area contributed by atoms with E-state index in [1.165, 1.54) is 10.8 Å². The first kappa shape index (κ1) is 17.6. The second-order valence-electron chi connectivity index (χ2n) is 8.21. The molecular weight excluding hydrogens is 370 g/mol. The van der Waals surface area contributed by atoms with Crippen LogP contribution in [0.2, 0.25) is 0 Å². The maximum Gasteiger partial charge on any atom is 0.341 e. The Bertz CT molecular complexity index is 1060. The van der Waals surface area contributed by atoms with E-state index in [0.29, 0.717) is 19.5 Å². The molecule has 1 aromatic carbocycles. The highest BCUT2D eigenvalue weighted by molar-refractivity contribution is 5.94. The van der Waals surface area contributed by atoms with E-state index < -0.39 is 34.7 Å². The average molecular weight is 390 g/mol. The minimum atomic E-state index is -1.41. The number of aromatic carboxylic acids is 1. The highest BCUT2D eigenvalue weighted by Gasteiger charge is 2.43. The summed E-state index contributed by atoms with van der Waals surface area (Å²) in [6, 6.07) is 0.875. The van der Waals surface area contributed by atoms with E-state index >= 15 is 4.39 Å². The summed E-state index contributed by atoms with van der Waals surface area (Å²) in [6.45, 7) is 0.827. The highest BCUT2D eigenvalue weighted by Crippen LogP contribution is 2.43. The Morgan fingerprint density at radius 1 is 1.14 bits per heavy atom. The second kappa shape index (κ2) is 6.01. The molecule has 0 radical (unpaired) electrons. The Balaban J connectivity index is 1.70. The molecule has 2 aliphatic carbocycles. The van der Waals surface area contributed by atoms with Crippen LogP contribution in [0.25, 0.3) is 10.9 Å². The molecule has 0 spiro atoms. The van der Waals surface area contributed by atoms with Crippen LogP contribution in [0, 0.1) is 23.5 Å². The summed E-state index contributed by atoms with van der Waals surface area (Å²) in [6.07, 6.45) is 3.77. The third-order valence-corrected chi connectivity index (χ3v) is 6.49. The Kier molecular flexibility index (Phi) is 3.78. The lowest BCUT2D eigenvalue weighted by Crippen LogP contribution is -2.27. The Morgan fingerprint density at radius 2 is 1.89 bits per heavy atom. The average Bonchev–Trinajstić information content (AvgIpc) is 3.31. The van der Waals surface area contributed by atoms with Crippen molar-refractivity contribution in [3.8, 4) is 0 Å². The molecule has 148 valence electrons. The number of fused-ring (bicyclic) bond motifs is 2. The van der Waals surface area contributed by atoms with Crippen LogP contribution in [0.1, 0.15) is 42.1 Å². The number of benzene rings is 1. The number of rotatable bonds is 3. The molecule has 0 amide bonds. The van der Waals surface area contributed by atoms with Crippen molar-refractivity contribution < 1.29 is 23.8 Å². The Morgan fingerprint density at radius 3 is 2.54 bits per heavy atom. The van der Waals surface area contributed by atoms with E-state index in [1.807, 2.05) is 0 Å². The smallest absolute Gasteiger partial charge is 0.341 e. The summed E-state index contributed by atoms with van der Waals surface area (Å²) in [4.78, 5) is 25.6. The van der Waals surface area contributed by atoms with Gasteiger partial charge in [-0.25, -0.2) is 13.6 Å². The maximum atomic E-state index is 15.6. The minimum Gasteiger partial charge on any atom is -0.477 e. The molecular formula is C20H20F2N2O4. The number of nitrogens with zero attached hydrogens (tertiary/aromatic N) is 2. The molecule has 3 aliphatic rings. The molecule has 1 saturated heterocycles. The van der Waals surface area contributed by atoms with Crippen LogP contribution in [0.5, 0.6) is 0 Å². The van der Waals surface area contributed by atoms with Gasteiger partial charge in [0.05, 0.1) is 17.0 Å². The molecule has 1 aliphatic heterocycles. The van der Waals surface area contributed by atoms with Crippen LogP contribution in [-0.4, -0.2) is 39.9 Å². The topological polar surface area (TPSA) is 82.8 Å². The molecule has 1 aromatic heterocycles. The molecule has 8 heteroatoms. The van der Waals surface area contributed by atoms with Gasteiger partial charge >= 0.3 is 5.97 Å². The summed E-state index contributed by atoms with van der Waals surface area (Å²) in [5, 5.41) is 19.2. The molecule has 2 aromatic rings. The molecule has 1 unspecified atom stereocenters. The number of carboxylic acids is 1. The van der Waals surface area contributed by atoms with Gasteiger partial charge < -0.3 is 19.7 Å². The SMILES string of the molecule is O=C(O)c1cn(C2CC2)c2c(F)c(N3C[C@@H]4CCC(O)[C@@H]4C3)c(F)cc2c1=O. The lowest BCUT2D eigenvalue weighted by atomic mass is 10.00. The van der Waals surface area contributed by atoms with Gasteiger partial charge in [-0.3, -0.25) is 4.79 Å². The number of anilines is 1. The van der Waals surface area contributed by atoms with Crippen LogP contribution in [0.15, 0.2) is 17.1 Å². The van der Waals surface area contributed by atoms with Crippen molar-refractivity contribution in [2.75, 3.05) is 18.0 Å². The van der Waals surface area contributed by atoms with Crippen molar-refractivity contribution in [2.24, 2.45) is 11.8 Å². The van der Waals surface area contributed by atoms with E-state index in [4.69, 9.17) is 0 Å². The van der Waals surface area contributed by atoms with Crippen molar-refractivity contribution in [1.82, 2.24) is 4.57 Å². The van der Waals surface area contributed by atoms with Gasteiger partial charge in [0.15, 0.2) is 5.82 Å². The van der Waals surface area contributed by atoms with Crippen molar-refractivity contribution in [1.29, 1.82) is 0 Å². The van der Waals surface area contributed by atoms with Gasteiger partial charge in [-0.15, -0.1) is 0 Å². The van der Waals surface area contributed by atoms with E-state index in [0.717, 1.165) is 25.3 Å². The zero-order valence-electron chi connectivity index (χ0n) is 15.1. The van der Waals surface area contributed by atoms with Crippen LogP contribution in [0.4, 0.5) is 14.5 Å².